The van der Waals surface area contributed by atoms with Gasteiger partial charge in [0.1, 0.15) is 0 Å². The first-order valence-electron chi connectivity index (χ1n) is 7.42. The number of carboxylic acid groups (broad SMARTS) is 1. The van der Waals surface area contributed by atoms with Crippen molar-refractivity contribution in [3.63, 3.8) is 0 Å². The maximum absolute atomic E-state index is 12.1. The number of aryl methyl sites for hydroxylation is 3. The van der Waals surface area contributed by atoms with E-state index in [2.05, 4.69) is 10.4 Å². The molecule has 0 aliphatic rings. The quantitative estimate of drug-likeness (QED) is 0.888. The lowest BCUT2D eigenvalue weighted by Crippen LogP contribution is -2.13. The molecule has 0 aliphatic carbocycles. The minimum absolute atomic E-state index is 0.102. The molecule has 122 valence electrons. The molecule has 1 aromatic carbocycles. The average Bonchev–Trinajstić information content (AvgIpc) is 2.70. The van der Waals surface area contributed by atoms with Crippen molar-refractivity contribution in [3.05, 3.63) is 46.3 Å². The van der Waals surface area contributed by atoms with Crippen molar-refractivity contribution in [2.24, 2.45) is 7.05 Å². The van der Waals surface area contributed by atoms with Gasteiger partial charge in [-0.05, 0) is 56.5 Å². The van der Waals surface area contributed by atoms with Crippen LogP contribution in [0.15, 0.2) is 18.2 Å². The highest BCUT2D eigenvalue weighted by molar-refractivity contribution is 5.93. The summed E-state index contributed by atoms with van der Waals surface area (Å²) in [7, 11) is 1.89. The molecule has 0 fully saturated rings. The van der Waals surface area contributed by atoms with E-state index in [4.69, 9.17) is 5.11 Å². The zero-order valence-electron chi connectivity index (χ0n) is 13.8. The molecule has 23 heavy (non-hydrogen) atoms. The van der Waals surface area contributed by atoms with Gasteiger partial charge in [-0.1, -0.05) is 0 Å². The number of hydrogen-bond acceptors (Lipinski definition) is 3. The van der Waals surface area contributed by atoms with Crippen LogP contribution < -0.4 is 5.32 Å². The normalized spacial score (nSPS) is 10.6. The van der Waals surface area contributed by atoms with E-state index in [1.165, 1.54) is 6.07 Å². The molecule has 0 aliphatic heterocycles. The Balaban J connectivity index is 2.00. The fourth-order valence-corrected chi connectivity index (χ4v) is 2.62. The van der Waals surface area contributed by atoms with Gasteiger partial charge in [-0.3, -0.25) is 9.48 Å². The van der Waals surface area contributed by atoms with Crippen molar-refractivity contribution in [2.45, 2.75) is 33.6 Å². The summed E-state index contributed by atoms with van der Waals surface area (Å²) in [6.45, 7) is 5.64. The Kier molecular flexibility index (Phi) is 4.83. The maximum Gasteiger partial charge on any atom is 0.335 e. The summed E-state index contributed by atoms with van der Waals surface area (Å²) in [5, 5.41) is 16.2. The molecule has 1 aromatic heterocycles. The molecule has 0 unspecified atom stereocenters. The van der Waals surface area contributed by atoms with Crippen molar-refractivity contribution in [3.8, 4) is 0 Å². The number of aromatic carboxylic acids is 1. The van der Waals surface area contributed by atoms with E-state index in [0.29, 0.717) is 24.1 Å². The smallest absolute Gasteiger partial charge is 0.335 e. The van der Waals surface area contributed by atoms with E-state index in [0.717, 1.165) is 17.0 Å². The Hall–Kier alpha value is -2.63. The highest BCUT2D eigenvalue weighted by Crippen LogP contribution is 2.17. The number of nitrogens with one attached hydrogen (secondary N) is 1. The lowest BCUT2D eigenvalue weighted by Gasteiger charge is -2.08. The van der Waals surface area contributed by atoms with E-state index in [1.807, 2.05) is 25.6 Å². The van der Waals surface area contributed by atoms with Crippen molar-refractivity contribution in [1.29, 1.82) is 0 Å². The fourth-order valence-electron chi connectivity index (χ4n) is 2.62. The van der Waals surface area contributed by atoms with Gasteiger partial charge in [0.2, 0.25) is 5.91 Å². The number of aromatic nitrogens is 2. The van der Waals surface area contributed by atoms with E-state index >= 15 is 0 Å². The van der Waals surface area contributed by atoms with Gasteiger partial charge in [-0.25, -0.2) is 4.79 Å². The SMILES string of the molecule is Cc1cc(NC(=O)CCc2c(C)nn(C)c2C)ccc1C(=O)O. The van der Waals surface area contributed by atoms with Crippen LogP contribution in [0.5, 0.6) is 0 Å². The van der Waals surface area contributed by atoms with Gasteiger partial charge in [-0.15, -0.1) is 0 Å². The molecule has 6 heteroatoms. The van der Waals surface area contributed by atoms with Crippen LogP contribution in [-0.4, -0.2) is 26.8 Å². The summed E-state index contributed by atoms with van der Waals surface area (Å²) < 4.78 is 1.82. The third kappa shape index (κ3) is 3.77. The monoisotopic (exact) mass is 315 g/mol. The van der Waals surface area contributed by atoms with Gasteiger partial charge in [0, 0.05) is 24.8 Å². The number of carbonyl (C=O) groups excluding carboxylic acids is 1. The molecule has 2 rings (SSSR count). The first-order valence-corrected chi connectivity index (χ1v) is 7.42. The summed E-state index contributed by atoms with van der Waals surface area (Å²) in [6.07, 6.45) is 0.983. The van der Waals surface area contributed by atoms with Crippen LogP contribution in [0.2, 0.25) is 0 Å². The minimum Gasteiger partial charge on any atom is -0.478 e. The summed E-state index contributed by atoms with van der Waals surface area (Å²) >= 11 is 0. The first kappa shape index (κ1) is 16.7. The highest BCUT2D eigenvalue weighted by Gasteiger charge is 2.12. The van der Waals surface area contributed by atoms with Gasteiger partial charge in [-0.2, -0.15) is 5.10 Å². The molecular formula is C17H21N3O3. The Labute approximate surface area is 135 Å². The average molecular weight is 315 g/mol. The van der Waals surface area contributed by atoms with Gasteiger partial charge in [0.05, 0.1) is 11.3 Å². The van der Waals surface area contributed by atoms with Gasteiger partial charge < -0.3 is 10.4 Å². The zero-order chi connectivity index (χ0) is 17.1. The maximum atomic E-state index is 12.1. The molecule has 1 amide bonds. The van der Waals surface area contributed by atoms with Gasteiger partial charge >= 0.3 is 5.97 Å². The molecule has 0 spiro atoms. The number of nitrogens with zero attached hydrogens (tertiary/aromatic N) is 2. The molecule has 0 saturated heterocycles. The fraction of sp³-hybridized carbons (Fsp3) is 0.353. The Bertz CT molecular complexity index is 763. The lowest BCUT2D eigenvalue weighted by atomic mass is 10.1. The number of amides is 1. The molecule has 2 aromatic rings. The number of carboxylic acids is 1. The Morgan fingerprint density at radius 2 is 1.96 bits per heavy atom. The number of hydrogen-bond donors (Lipinski definition) is 2. The number of rotatable bonds is 5. The predicted molar refractivity (Wildman–Crippen MR) is 87.8 cm³/mol. The van der Waals surface area contributed by atoms with Crippen molar-refractivity contribution in [1.82, 2.24) is 9.78 Å². The molecule has 0 saturated carbocycles. The van der Waals surface area contributed by atoms with E-state index < -0.39 is 5.97 Å². The van der Waals surface area contributed by atoms with E-state index in [9.17, 15) is 9.59 Å². The minimum atomic E-state index is -0.970. The predicted octanol–water partition coefficient (Wildman–Crippen LogP) is 2.61. The topological polar surface area (TPSA) is 84.2 Å². The summed E-state index contributed by atoms with van der Waals surface area (Å²) in [4.78, 5) is 23.1. The molecule has 2 N–H and O–H groups in total. The number of anilines is 1. The lowest BCUT2D eigenvalue weighted by molar-refractivity contribution is -0.116. The second-order valence-electron chi connectivity index (χ2n) is 5.66. The molecule has 6 nitrogen and oxygen atoms in total. The molecule has 1 heterocycles. The van der Waals surface area contributed by atoms with Gasteiger partial charge in [0.25, 0.3) is 0 Å². The molecule has 0 bridgehead atoms. The molecular weight excluding hydrogens is 294 g/mol. The first-order chi connectivity index (χ1) is 10.8. The van der Waals surface area contributed by atoms with Crippen LogP contribution in [0.25, 0.3) is 0 Å². The second-order valence-corrected chi connectivity index (χ2v) is 5.66. The summed E-state index contributed by atoms with van der Waals surface area (Å²) in [5.74, 6) is -1.07. The largest absolute Gasteiger partial charge is 0.478 e. The zero-order valence-corrected chi connectivity index (χ0v) is 13.8. The van der Waals surface area contributed by atoms with Crippen LogP contribution in [0.3, 0.4) is 0 Å². The standard InChI is InChI=1S/C17H21N3O3/c1-10-9-13(5-6-14(10)17(22)23)18-16(21)8-7-15-11(2)19-20(4)12(15)3/h5-6,9H,7-8H2,1-4H3,(H,18,21)(H,22,23). The second kappa shape index (κ2) is 6.64. The van der Waals surface area contributed by atoms with Crippen molar-refractivity contribution in [2.75, 3.05) is 5.32 Å². The van der Waals surface area contributed by atoms with Crippen LogP contribution in [0.1, 0.15) is 39.3 Å². The molecule has 0 atom stereocenters. The van der Waals surface area contributed by atoms with Gasteiger partial charge in [0.15, 0.2) is 0 Å². The van der Waals surface area contributed by atoms with Crippen LogP contribution in [0, 0.1) is 20.8 Å². The van der Waals surface area contributed by atoms with Crippen molar-refractivity contribution >= 4 is 17.6 Å². The molecule has 0 radical (unpaired) electrons. The Morgan fingerprint density at radius 1 is 1.26 bits per heavy atom. The Morgan fingerprint density at radius 3 is 2.48 bits per heavy atom. The highest BCUT2D eigenvalue weighted by atomic mass is 16.4. The number of benzene rings is 1. The van der Waals surface area contributed by atoms with Crippen LogP contribution >= 0.6 is 0 Å². The van der Waals surface area contributed by atoms with E-state index in [-0.39, 0.29) is 11.5 Å². The van der Waals surface area contributed by atoms with Crippen LogP contribution in [-0.2, 0) is 18.3 Å². The van der Waals surface area contributed by atoms with E-state index in [1.54, 1.807) is 19.1 Å². The summed E-state index contributed by atoms with van der Waals surface area (Å²) in [5.41, 5.74) is 4.58. The third-order valence-corrected chi connectivity index (χ3v) is 4.00. The van der Waals surface area contributed by atoms with Crippen LogP contribution in [0.4, 0.5) is 5.69 Å². The third-order valence-electron chi connectivity index (χ3n) is 4.00. The summed E-state index contributed by atoms with van der Waals surface area (Å²) in [6, 6.07) is 4.78. The number of carbonyl (C=O) groups is 2. The van der Waals surface area contributed by atoms with Crippen molar-refractivity contribution < 1.29 is 14.7 Å².